The largest absolute Gasteiger partial charge is 0.406 e. The molecule has 0 saturated carbocycles. The van der Waals surface area contributed by atoms with Crippen LogP contribution in [0.4, 0.5) is 18.9 Å². The van der Waals surface area contributed by atoms with Gasteiger partial charge in [-0.2, -0.15) is 13.2 Å². The topological polar surface area (TPSA) is 20.3 Å². The maximum Gasteiger partial charge on any atom is 0.406 e. The highest BCUT2D eigenvalue weighted by Crippen LogP contribution is 2.31. The van der Waals surface area contributed by atoms with Gasteiger partial charge in [-0.05, 0) is 37.3 Å². The number of hydrogen-bond donors (Lipinski definition) is 0. The molecule has 1 heterocycles. The van der Waals surface area contributed by atoms with Crippen molar-refractivity contribution in [3.8, 4) is 0 Å². The summed E-state index contributed by atoms with van der Waals surface area (Å²) in [5.74, 6) is -0.720. The molecule has 0 radical (unpaired) electrons. The van der Waals surface area contributed by atoms with Crippen molar-refractivity contribution in [2.24, 2.45) is 5.92 Å². The third-order valence-electron chi connectivity index (χ3n) is 3.73. The Balaban J connectivity index is 2.42. The van der Waals surface area contributed by atoms with Crippen molar-refractivity contribution >= 4 is 11.6 Å². The first-order chi connectivity index (χ1) is 9.42. The summed E-state index contributed by atoms with van der Waals surface area (Å²) in [4.78, 5) is 13.3. The number of carbonyl (C=O) groups excluding carboxylic acids is 1. The van der Waals surface area contributed by atoms with Crippen LogP contribution in [0.2, 0.25) is 0 Å². The molecule has 1 amide bonds. The Kier molecular flexibility index (Phi) is 4.35. The number of aryl methyl sites for hydroxylation is 1. The Morgan fingerprint density at radius 1 is 1.30 bits per heavy atom. The van der Waals surface area contributed by atoms with E-state index in [0.29, 0.717) is 24.9 Å². The minimum Gasteiger partial charge on any atom is -0.303 e. The third kappa shape index (κ3) is 3.32. The zero-order valence-electron chi connectivity index (χ0n) is 11.4. The molecule has 1 atom stereocenters. The van der Waals surface area contributed by atoms with Crippen molar-refractivity contribution in [1.82, 2.24) is 0 Å². The van der Waals surface area contributed by atoms with Gasteiger partial charge in [-0.1, -0.05) is 25.1 Å². The zero-order chi connectivity index (χ0) is 14.8. The van der Waals surface area contributed by atoms with Crippen molar-refractivity contribution in [3.63, 3.8) is 0 Å². The van der Waals surface area contributed by atoms with Gasteiger partial charge < -0.3 is 4.90 Å². The van der Waals surface area contributed by atoms with E-state index in [9.17, 15) is 18.0 Å². The van der Waals surface area contributed by atoms with Crippen molar-refractivity contribution in [3.05, 3.63) is 29.8 Å². The van der Waals surface area contributed by atoms with E-state index in [2.05, 4.69) is 0 Å². The fraction of sp³-hybridized carbons (Fsp3) is 0.533. The van der Waals surface area contributed by atoms with Gasteiger partial charge in [0.15, 0.2) is 0 Å². The highest BCUT2D eigenvalue weighted by atomic mass is 19.4. The molecule has 0 aromatic heterocycles. The normalized spacial score (nSPS) is 20.3. The molecule has 0 bridgehead atoms. The summed E-state index contributed by atoms with van der Waals surface area (Å²) < 4.78 is 38.3. The second kappa shape index (κ2) is 5.85. The van der Waals surface area contributed by atoms with Crippen LogP contribution in [0.25, 0.3) is 0 Å². The predicted octanol–water partition coefficient (Wildman–Crippen LogP) is 3.94. The molecule has 1 aromatic carbocycles. The zero-order valence-corrected chi connectivity index (χ0v) is 11.4. The summed E-state index contributed by atoms with van der Waals surface area (Å²) >= 11 is 0. The third-order valence-corrected chi connectivity index (χ3v) is 3.73. The smallest absolute Gasteiger partial charge is 0.303 e. The average molecular weight is 285 g/mol. The predicted molar refractivity (Wildman–Crippen MR) is 71.6 cm³/mol. The number of benzene rings is 1. The fourth-order valence-corrected chi connectivity index (χ4v) is 2.71. The van der Waals surface area contributed by atoms with Gasteiger partial charge in [0.1, 0.15) is 6.54 Å². The molecule has 0 unspecified atom stereocenters. The number of rotatable bonds is 2. The van der Waals surface area contributed by atoms with Gasteiger partial charge >= 0.3 is 6.18 Å². The number of fused-ring (bicyclic) bond motifs is 1. The summed E-state index contributed by atoms with van der Waals surface area (Å²) in [5.41, 5.74) is 1.23. The minimum atomic E-state index is -4.39. The SMILES string of the molecule is CC[C@H]1CCCc2ccccc2N(CC(F)(F)F)C1=O. The summed E-state index contributed by atoms with van der Waals surface area (Å²) in [5, 5.41) is 0. The summed E-state index contributed by atoms with van der Waals surface area (Å²) in [6.45, 7) is 0.640. The molecule has 0 N–H and O–H groups in total. The first-order valence-corrected chi connectivity index (χ1v) is 6.88. The standard InChI is InChI=1S/C15H18F3NO/c1-2-11-7-5-8-12-6-3-4-9-13(12)19(14(11)20)10-15(16,17)18/h3-4,6,9,11H,2,5,7-8,10H2,1H3/t11-/m0/s1. The highest BCUT2D eigenvalue weighted by Gasteiger charge is 2.37. The number of amides is 1. The second-order valence-electron chi connectivity index (χ2n) is 5.17. The number of nitrogens with zero attached hydrogens (tertiary/aromatic N) is 1. The van der Waals surface area contributed by atoms with E-state index in [1.165, 1.54) is 0 Å². The number of para-hydroxylation sites is 1. The summed E-state index contributed by atoms with van der Waals surface area (Å²) in [6, 6.07) is 6.89. The van der Waals surface area contributed by atoms with Gasteiger partial charge in [-0.3, -0.25) is 4.79 Å². The van der Waals surface area contributed by atoms with E-state index in [4.69, 9.17) is 0 Å². The number of alkyl halides is 3. The van der Waals surface area contributed by atoms with E-state index >= 15 is 0 Å². The number of carbonyl (C=O) groups is 1. The molecule has 0 fully saturated rings. The van der Waals surface area contributed by atoms with Crippen molar-refractivity contribution in [2.45, 2.75) is 38.8 Å². The molecule has 1 aliphatic heterocycles. The maximum absolute atomic E-state index is 12.8. The van der Waals surface area contributed by atoms with Gasteiger partial charge in [-0.25, -0.2) is 0 Å². The van der Waals surface area contributed by atoms with Gasteiger partial charge in [0.25, 0.3) is 0 Å². The molecule has 5 heteroatoms. The van der Waals surface area contributed by atoms with E-state index in [-0.39, 0.29) is 5.92 Å². The van der Waals surface area contributed by atoms with Crippen LogP contribution in [0.15, 0.2) is 24.3 Å². The number of halogens is 3. The maximum atomic E-state index is 12.8. The number of hydrogen-bond acceptors (Lipinski definition) is 1. The van der Waals surface area contributed by atoms with Gasteiger partial charge in [0.2, 0.25) is 5.91 Å². The summed E-state index contributed by atoms with van der Waals surface area (Å²) in [6.07, 6.45) is -1.61. The fourth-order valence-electron chi connectivity index (χ4n) is 2.71. The lowest BCUT2D eigenvalue weighted by Gasteiger charge is -2.31. The highest BCUT2D eigenvalue weighted by molar-refractivity contribution is 5.96. The summed E-state index contributed by atoms with van der Waals surface area (Å²) in [7, 11) is 0. The average Bonchev–Trinajstić information content (AvgIpc) is 2.38. The lowest BCUT2D eigenvalue weighted by molar-refractivity contribution is -0.135. The van der Waals surface area contributed by atoms with Gasteiger partial charge in [-0.15, -0.1) is 0 Å². The molecular weight excluding hydrogens is 267 g/mol. The first kappa shape index (κ1) is 14.9. The van der Waals surface area contributed by atoms with Crippen LogP contribution in [0.5, 0.6) is 0 Å². The van der Waals surface area contributed by atoms with Crippen LogP contribution in [-0.2, 0) is 11.2 Å². The van der Waals surface area contributed by atoms with Crippen LogP contribution in [0.3, 0.4) is 0 Å². The lowest BCUT2D eigenvalue weighted by atomic mass is 9.92. The van der Waals surface area contributed by atoms with Crippen LogP contribution < -0.4 is 4.90 Å². The second-order valence-corrected chi connectivity index (χ2v) is 5.17. The minimum absolute atomic E-state index is 0.314. The molecule has 1 aliphatic rings. The molecule has 0 saturated heterocycles. The Bertz CT molecular complexity index is 484. The molecule has 20 heavy (non-hydrogen) atoms. The van der Waals surface area contributed by atoms with Crippen molar-refractivity contribution in [2.75, 3.05) is 11.4 Å². The molecular formula is C15H18F3NO. The Hall–Kier alpha value is -1.52. The lowest BCUT2D eigenvalue weighted by Crippen LogP contribution is -2.43. The first-order valence-electron chi connectivity index (χ1n) is 6.88. The van der Waals surface area contributed by atoms with Gasteiger partial charge in [0, 0.05) is 11.6 Å². The Morgan fingerprint density at radius 2 is 2.00 bits per heavy atom. The van der Waals surface area contributed by atoms with E-state index in [0.717, 1.165) is 16.9 Å². The van der Waals surface area contributed by atoms with Crippen LogP contribution in [0.1, 0.15) is 31.7 Å². The van der Waals surface area contributed by atoms with Crippen molar-refractivity contribution in [1.29, 1.82) is 0 Å². The van der Waals surface area contributed by atoms with E-state index in [1.54, 1.807) is 24.3 Å². The molecule has 0 aliphatic carbocycles. The molecule has 2 nitrogen and oxygen atoms in total. The molecule has 2 rings (SSSR count). The molecule has 1 aromatic rings. The van der Waals surface area contributed by atoms with E-state index in [1.807, 2.05) is 6.92 Å². The molecule has 110 valence electrons. The molecule has 0 spiro atoms. The van der Waals surface area contributed by atoms with Crippen molar-refractivity contribution < 1.29 is 18.0 Å². The van der Waals surface area contributed by atoms with Crippen LogP contribution in [-0.4, -0.2) is 18.6 Å². The number of anilines is 1. The van der Waals surface area contributed by atoms with Crippen LogP contribution >= 0.6 is 0 Å². The monoisotopic (exact) mass is 285 g/mol. The van der Waals surface area contributed by atoms with E-state index < -0.39 is 18.6 Å². The van der Waals surface area contributed by atoms with Crippen LogP contribution in [0, 0.1) is 5.92 Å². The van der Waals surface area contributed by atoms with Gasteiger partial charge in [0.05, 0.1) is 0 Å². The quantitative estimate of drug-likeness (QED) is 0.806. The Labute approximate surface area is 116 Å². The Morgan fingerprint density at radius 3 is 2.65 bits per heavy atom.